The van der Waals surface area contributed by atoms with Crippen molar-refractivity contribution in [2.75, 3.05) is 20.3 Å². The highest BCUT2D eigenvalue weighted by molar-refractivity contribution is 5.13. The first kappa shape index (κ1) is 19.7. The SMILES string of the molecule is COCCOC1CC2(C)C(CCC3C4CCC(C#N)C4(C)CCC32)CC1O. The molecule has 1 N–H and O–H groups in total. The molecule has 4 fully saturated rings. The van der Waals surface area contributed by atoms with Crippen molar-refractivity contribution >= 4 is 0 Å². The van der Waals surface area contributed by atoms with Gasteiger partial charge in [0.1, 0.15) is 0 Å². The Morgan fingerprint density at radius 3 is 2.56 bits per heavy atom. The van der Waals surface area contributed by atoms with Crippen LogP contribution in [0.4, 0.5) is 0 Å². The summed E-state index contributed by atoms with van der Waals surface area (Å²) in [4.78, 5) is 0. The Balaban J connectivity index is 1.54. The second-order valence-electron chi connectivity index (χ2n) is 10.4. The summed E-state index contributed by atoms with van der Waals surface area (Å²) in [5.41, 5.74) is 0.508. The van der Waals surface area contributed by atoms with Crippen LogP contribution in [-0.2, 0) is 9.47 Å². The maximum absolute atomic E-state index is 10.7. The van der Waals surface area contributed by atoms with Crippen LogP contribution in [0.1, 0.15) is 65.2 Å². The Labute approximate surface area is 164 Å². The predicted octanol–water partition coefficient (Wildman–Crippen LogP) is 4.17. The van der Waals surface area contributed by atoms with E-state index in [1.165, 1.54) is 32.1 Å². The predicted molar refractivity (Wildman–Crippen MR) is 104 cm³/mol. The fraction of sp³-hybridized carbons (Fsp3) is 0.957. The monoisotopic (exact) mass is 375 g/mol. The van der Waals surface area contributed by atoms with E-state index < -0.39 is 0 Å². The minimum absolute atomic E-state index is 0.0519. The molecule has 4 aliphatic carbocycles. The second kappa shape index (κ2) is 7.32. The Morgan fingerprint density at radius 2 is 1.81 bits per heavy atom. The first-order chi connectivity index (χ1) is 12.9. The molecule has 0 heterocycles. The molecule has 0 radical (unpaired) electrons. The molecule has 4 nitrogen and oxygen atoms in total. The van der Waals surface area contributed by atoms with E-state index in [2.05, 4.69) is 19.9 Å². The molecular weight excluding hydrogens is 338 g/mol. The van der Waals surface area contributed by atoms with Gasteiger partial charge < -0.3 is 14.6 Å². The van der Waals surface area contributed by atoms with E-state index in [9.17, 15) is 10.4 Å². The molecule has 27 heavy (non-hydrogen) atoms. The van der Waals surface area contributed by atoms with Crippen molar-refractivity contribution in [3.8, 4) is 6.07 Å². The number of methoxy groups -OCH3 is 1. The van der Waals surface area contributed by atoms with E-state index in [0.29, 0.717) is 19.1 Å². The van der Waals surface area contributed by atoms with E-state index in [1.807, 2.05) is 0 Å². The maximum atomic E-state index is 10.7. The fourth-order valence-electron chi connectivity index (χ4n) is 7.92. The number of hydrogen-bond acceptors (Lipinski definition) is 4. The quantitative estimate of drug-likeness (QED) is 0.749. The van der Waals surface area contributed by atoms with Gasteiger partial charge in [-0.25, -0.2) is 0 Å². The molecule has 4 rings (SSSR count). The lowest BCUT2D eigenvalue weighted by Gasteiger charge is -2.61. The standard InChI is InChI=1S/C23H37NO3/c1-22-9-8-19-17(18(22)7-5-16(22)14-24)6-4-15-12-20(25)21(13-23(15,19)2)27-11-10-26-3/h15-21,25H,4-13H2,1-3H3. The Bertz CT molecular complexity index is 589. The number of rotatable bonds is 4. The van der Waals surface area contributed by atoms with E-state index in [0.717, 1.165) is 37.0 Å². The summed E-state index contributed by atoms with van der Waals surface area (Å²) in [5, 5.41) is 20.3. The van der Waals surface area contributed by atoms with E-state index >= 15 is 0 Å². The van der Waals surface area contributed by atoms with Crippen molar-refractivity contribution in [3.63, 3.8) is 0 Å². The van der Waals surface area contributed by atoms with Crippen LogP contribution in [-0.4, -0.2) is 37.6 Å². The third-order valence-corrected chi connectivity index (χ3v) is 9.44. The number of nitriles is 1. The Morgan fingerprint density at radius 1 is 1.04 bits per heavy atom. The van der Waals surface area contributed by atoms with Crippen molar-refractivity contribution in [1.29, 1.82) is 5.26 Å². The van der Waals surface area contributed by atoms with Gasteiger partial charge in [-0.1, -0.05) is 13.8 Å². The van der Waals surface area contributed by atoms with E-state index in [-0.39, 0.29) is 29.0 Å². The average Bonchev–Trinajstić information content (AvgIpc) is 2.99. The number of fused-ring (bicyclic) bond motifs is 5. The maximum Gasteiger partial charge on any atom is 0.0840 e. The van der Waals surface area contributed by atoms with Gasteiger partial charge in [-0.3, -0.25) is 0 Å². The molecular formula is C23H37NO3. The second-order valence-corrected chi connectivity index (χ2v) is 10.4. The van der Waals surface area contributed by atoms with Crippen LogP contribution < -0.4 is 0 Å². The lowest BCUT2D eigenvalue weighted by molar-refractivity contribution is -0.173. The number of ether oxygens (including phenoxy) is 2. The highest BCUT2D eigenvalue weighted by Gasteiger charge is 2.61. The molecule has 0 amide bonds. The minimum atomic E-state index is -0.334. The topological polar surface area (TPSA) is 62.5 Å². The molecule has 0 aromatic heterocycles. The highest BCUT2D eigenvalue weighted by Crippen LogP contribution is 2.67. The molecule has 9 unspecified atom stereocenters. The summed E-state index contributed by atoms with van der Waals surface area (Å²) < 4.78 is 11.2. The normalized spacial score (nSPS) is 51.7. The molecule has 0 aliphatic heterocycles. The zero-order valence-corrected chi connectivity index (χ0v) is 17.3. The summed E-state index contributed by atoms with van der Waals surface area (Å²) in [7, 11) is 1.69. The number of aliphatic hydroxyl groups excluding tert-OH is 1. The summed E-state index contributed by atoms with van der Waals surface area (Å²) in [6.07, 6.45) is 8.82. The van der Waals surface area contributed by atoms with Gasteiger partial charge in [0, 0.05) is 7.11 Å². The van der Waals surface area contributed by atoms with Crippen LogP contribution in [0.2, 0.25) is 0 Å². The number of nitrogens with zero attached hydrogens (tertiary/aromatic N) is 1. The Hall–Kier alpha value is -0.630. The van der Waals surface area contributed by atoms with E-state index in [4.69, 9.17) is 9.47 Å². The van der Waals surface area contributed by atoms with Crippen molar-refractivity contribution in [3.05, 3.63) is 0 Å². The molecule has 0 spiro atoms. The van der Waals surface area contributed by atoms with Gasteiger partial charge in [-0.2, -0.15) is 5.26 Å². The molecule has 0 bridgehead atoms. The summed E-state index contributed by atoms with van der Waals surface area (Å²) >= 11 is 0. The number of aliphatic hydroxyl groups is 1. The zero-order valence-electron chi connectivity index (χ0n) is 17.3. The lowest BCUT2D eigenvalue weighted by atomic mass is 9.44. The zero-order chi connectivity index (χ0) is 19.2. The summed E-state index contributed by atoms with van der Waals surface area (Å²) in [5.74, 6) is 3.09. The molecule has 0 aromatic carbocycles. The molecule has 4 heteroatoms. The lowest BCUT2D eigenvalue weighted by Crippen LogP contribution is -2.57. The molecule has 9 atom stereocenters. The van der Waals surface area contributed by atoms with Crippen LogP contribution >= 0.6 is 0 Å². The van der Waals surface area contributed by atoms with Crippen LogP contribution in [0.15, 0.2) is 0 Å². The van der Waals surface area contributed by atoms with Crippen LogP contribution in [0, 0.1) is 51.8 Å². The molecule has 0 saturated heterocycles. The van der Waals surface area contributed by atoms with Crippen LogP contribution in [0.5, 0.6) is 0 Å². The van der Waals surface area contributed by atoms with Crippen LogP contribution in [0.25, 0.3) is 0 Å². The van der Waals surface area contributed by atoms with Gasteiger partial charge in [-0.05, 0) is 85.9 Å². The molecule has 4 saturated carbocycles. The Kier molecular flexibility index (Phi) is 5.33. The van der Waals surface area contributed by atoms with Crippen molar-refractivity contribution < 1.29 is 14.6 Å². The first-order valence-corrected chi connectivity index (χ1v) is 11.1. The number of hydrogen-bond donors (Lipinski definition) is 1. The largest absolute Gasteiger partial charge is 0.390 e. The highest BCUT2D eigenvalue weighted by atomic mass is 16.5. The van der Waals surface area contributed by atoms with Crippen LogP contribution in [0.3, 0.4) is 0 Å². The van der Waals surface area contributed by atoms with Crippen molar-refractivity contribution in [1.82, 2.24) is 0 Å². The van der Waals surface area contributed by atoms with Gasteiger partial charge in [0.15, 0.2) is 0 Å². The summed E-state index contributed by atoms with van der Waals surface area (Å²) in [6, 6.07) is 2.64. The molecule has 4 aliphatic rings. The third-order valence-electron chi connectivity index (χ3n) is 9.44. The van der Waals surface area contributed by atoms with Crippen molar-refractivity contribution in [2.24, 2.45) is 40.4 Å². The van der Waals surface area contributed by atoms with Gasteiger partial charge in [-0.15, -0.1) is 0 Å². The smallest absolute Gasteiger partial charge is 0.0840 e. The van der Waals surface area contributed by atoms with Gasteiger partial charge >= 0.3 is 0 Å². The summed E-state index contributed by atoms with van der Waals surface area (Å²) in [6.45, 7) is 6.06. The van der Waals surface area contributed by atoms with Crippen molar-refractivity contribution in [2.45, 2.75) is 77.4 Å². The van der Waals surface area contributed by atoms with Gasteiger partial charge in [0.05, 0.1) is 37.4 Å². The average molecular weight is 376 g/mol. The molecule has 152 valence electrons. The third kappa shape index (κ3) is 3.05. The first-order valence-electron chi connectivity index (χ1n) is 11.1. The molecule has 0 aromatic rings. The van der Waals surface area contributed by atoms with Gasteiger partial charge in [0.2, 0.25) is 0 Å². The van der Waals surface area contributed by atoms with E-state index in [1.54, 1.807) is 7.11 Å². The fourth-order valence-corrected chi connectivity index (χ4v) is 7.92. The minimum Gasteiger partial charge on any atom is -0.390 e. The van der Waals surface area contributed by atoms with Gasteiger partial charge in [0.25, 0.3) is 0 Å².